The van der Waals surface area contributed by atoms with E-state index >= 15 is 0 Å². The number of hydrogen-bond donors (Lipinski definition) is 1. The molecule has 0 aliphatic heterocycles. The van der Waals surface area contributed by atoms with Crippen LogP contribution >= 0.6 is 0 Å². The lowest BCUT2D eigenvalue weighted by atomic mass is 10.1. The molecule has 4 nitrogen and oxygen atoms in total. The third-order valence-corrected chi connectivity index (χ3v) is 3.77. The van der Waals surface area contributed by atoms with E-state index in [1.807, 2.05) is 6.92 Å². The zero-order valence-corrected chi connectivity index (χ0v) is 13.9. The van der Waals surface area contributed by atoms with Crippen LogP contribution in [0.25, 0.3) is 0 Å². The molecule has 0 saturated heterocycles. The van der Waals surface area contributed by atoms with Gasteiger partial charge in [0.15, 0.2) is 6.61 Å². The Morgan fingerprint density at radius 2 is 1.79 bits per heavy atom. The van der Waals surface area contributed by atoms with E-state index in [2.05, 4.69) is 0 Å². The summed E-state index contributed by atoms with van der Waals surface area (Å²) in [5.41, 5.74) is 1.68. The van der Waals surface area contributed by atoms with Crippen molar-refractivity contribution in [3.05, 3.63) is 65.5 Å². The third kappa shape index (κ3) is 5.06. The number of rotatable bonds is 7. The Bertz CT molecular complexity index is 655. The predicted molar refractivity (Wildman–Crippen MR) is 90.1 cm³/mol. The molecule has 128 valence electrons. The minimum absolute atomic E-state index is 0.0760. The molecule has 2 rings (SSSR count). The van der Waals surface area contributed by atoms with Gasteiger partial charge in [-0.2, -0.15) is 0 Å². The van der Waals surface area contributed by atoms with E-state index in [9.17, 15) is 14.3 Å². The van der Waals surface area contributed by atoms with Crippen molar-refractivity contribution < 1.29 is 19.0 Å². The van der Waals surface area contributed by atoms with Crippen molar-refractivity contribution in [3.8, 4) is 5.75 Å². The summed E-state index contributed by atoms with van der Waals surface area (Å²) in [4.78, 5) is 13.6. The van der Waals surface area contributed by atoms with Crippen molar-refractivity contribution in [1.29, 1.82) is 0 Å². The van der Waals surface area contributed by atoms with Crippen LogP contribution in [0, 0.1) is 5.82 Å². The number of likely N-dealkylation sites (N-methyl/N-ethyl adjacent to an activating group) is 1. The summed E-state index contributed by atoms with van der Waals surface area (Å²) in [6, 6.07) is 13.1. The fourth-order valence-electron chi connectivity index (χ4n) is 2.23. The third-order valence-electron chi connectivity index (χ3n) is 3.77. The van der Waals surface area contributed by atoms with E-state index in [0.29, 0.717) is 18.7 Å². The van der Waals surface area contributed by atoms with Gasteiger partial charge in [-0.1, -0.05) is 31.2 Å². The molecular formula is C19H22FNO3. The molecule has 0 aromatic heterocycles. The highest BCUT2D eigenvalue weighted by molar-refractivity contribution is 5.77. The average Bonchev–Trinajstić information content (AvgIpc) is 2.61. The summed E-state index contributed by atoms with van der Waals surface area (Å²) < 4.78 is 18.4. The number of benzene rings is 2. The summed E-state index contributed by atoms with van der Waals surface area (Å²) in [6.45, 7) is 2.22. The van der Waals surface area contributed by atoms with Crippen LogP contribution < -0.4 is 4.74 Å². The van der Waals surface area contributed by atoms with Gasteiger partial charge in [-0.25, -0.2) is 4.39 Å². The first-order chi connectivity index (χ1) is 11.5. The van der Waals surface area contributed by atoms with Crippen molar-refractivity contribution in [3.63, 3.8) is 0 Å². The number of halogens is 1. The van der Waals surface area contributed by atoms with E-state index in [-0.39, 0.29) is 18.3 Å². The van der Waals surface area contributed by atoms with Gasteiger partial charge in [-0.3, -0.25) is 4.79 Å². The fraction of sp³-hybridized carbons (Fsp3) is 0.316. The van der Waals surface area contributed by atoms with E-state index in [4.69, 9.17) is 4.74 Å². The standard InChI is InChI=1S/C19H22FNO3/c1-3-18(22)15-6-10-17(11-7-15)24-13-19(23)21(2)12-14-4-8-16(20)9-5-14/h4-11,18,22H,3,12-13H2,1-2H3. The van der Waals surface area contributed by atoms with E-state index in [1.165, 1.54) is 17.0 Å². The lowest BCUT2D eigenvalue weighted by molar-refractivity contribution is -0.132. The van der Waals surface area contributed by atoms with Crippen LogP contribution in [-0.4, -0.2) is 29.6 Å². The number of nitrogens with zero attached hydrogens (tertiary/aromatic N) is 1. The molecule has 0 aliphatic rings. The minimum Gasteiger partial charge on any atom is -0.484 e. The summed E-state index contributed by atoms with van der Waals surface area (Å²) in [5, 5.41) is 9.74. The largest absolute Gasteiger partial charge is 0.484 e. The van der Waals surface area contributed by atoms with Crippen LogP contribution in [0.1, 0.15) is 30.6 Å². The van der Waals surface area contributed by atoms with Gasteiger partial charge in [0.2, 0.25) is 0 Å². The highest BCUT2D eigenvalue weighted by Crippen LogP contribution is 2.19. The molecule has 1 atom stereocenters. The summed E-state index contributed by atoms with van der Waals surface area (Å²) in [5.74, 6) is 0.107. The second kappa shape index (κ2) is 8.45. The van der Waals surface area contributed by atoms with Crippen molar-refractivity contribution in [1.82, 2.24) is 4.90 Å². The number of aliphatic hydroxyl groups excluding tert-OH is 1. The van der Waals surface area contributed by atoms with Crippen molar-refractivity contribution >= 4 is 5.91 Å². The Morgan fingerprint density at radius 3 is 2.38 bits per heavy atom. The van der Waals surface area contributed by atoms with Crippen molar-refractivity contribution in [2.45, 2.75) is 26.0 Å². The number of ether oxygens (including phenoxy) is 1. The van der Waals surface area contributed by atoms with E-state index < -0.39 is 6.10 Å². The maximum Gasteiger partial charge on any atom is 0.260 e. The lowest BCUT2D eigenvalue weighted by Crippen LogP contribution is -2.30. The maximum atomic E-state index is 12.9. The molecule has 0 aliphatic carbocycles. The molecule has 2 aromatic carbocycles. The normalized spacial score (nSPS) is 11.8. The van der Waals surface area contributed by atoms with Crippen LogP contribution in [0.2, 0.25) is 0 Å². The molecule has 0 bridgehead atoms. The first kappa shape index (κ1) is 17.9. The first-order valence-corrected chi connectivity index (χ1v) is 7.89. The molecule has 0 heterocycles. The topological polar surface area (TPSA) is 49.8 Å². The molecule has 2 aromatic rings. The Balaban J connectivity index is 1.84. The van der Waals surface area contributed by atoms with Crippen LogP contribution in [0.3, 0.4) is 0 Å². The van der Waals surface area contributed by atoms with Crippen molar-refractivity contribution in [2.75, 3.05) is 13.7 Å². The number of carbonyl (C=O) groups excluding carboxylic acids is 1. The van der Waals surface area contributed by atoms with Gasteiger partial charge in [0.05, 0.1) is 6.10 Å². The Kier molecular flexibility index (Phi) is 6.32. The number of hydrogen-bond acceptors (Lipinski definition) is 3. The Hall–Kier alpha value is -2.40. The molecule has 0 spiro atoms. The predicted octanol–water partition coefficient (Wildman–Crippen LogP) is 3.31. The van der Waals surface area contributed by atoms with Gasteiger partial charge in [0.1, 0.15) is 11.6 Å². The molecule has 1 N–H and O–H groups in total. The van der Waals surface area contributed by atoms with Crippen LogP contribution in [0.4, 0.5) is 4.39 Å². The molecule has 1 amide bonds. The monoisotopic (exact) mass is 331 g/mol. The zero-order chi connectivity index (χ0) is 17.5. The SMILES string of the molecule is CCC(O)c1ccc(OCC(=O)N(C)Cc2ccc(F)cc2)cc1. The van der Waals surface area contributed by atoms with E-state index in [0.717, 1.165) is 11.1 Å². The minimum atomic E-state index is -0.484. The fourth-order valence-corrected chi connectivity index (χ4v) is 2.23. The highest BCUT2D eigenvalue weighted by atomic mass is 19.1. The van der Waals surface area contributed by atoms with Crippen LogP contribution in [0.5, 0.6) is 5.75 Å². The smallest absolute Gasteiger partial charge is 0.260 e. The quantitative estimate of drug-likeness (QED) is 0.847. The molecule has 24 heavy (non-hydrogen) atoms. The number of carbonyl (C=O) groups is 1. The number of amides is 1. The Labute approximate surface area is 141 Å². The van der Waals surface area contributed by atoms with E-state index in [1.54, 1.807) is 43.4 Å². The molecule has 5 heteroatoms. The maximum absolute atomic E-state index is 12.9. The number of aliphatic hydroxyl groups is 1. The molecule has 0 fully saturated rings. The Morgan fingerprint density at radius 1 is 1.17 bits per heavy atom. The summed E-state index contributed by atoms with van der Waals surface area (Å²) in [6.07, 6.45) is 0.162. The van der Waals surface area contributed by atoms with Gasteiger partial charge in [-0.15, -0.1) is 0 Å². The highest BCUT2D eigenvalue weighted by Gasteiger charge is 2.11. The lowest BCUT2D eigenvalue weighted by Gasteiger charge is -2.18. The second-order valence-corrected chi connectivity index (χ2v) is 5.66. The van der Waals surface area contributed by atoms with Gasteiger partial charge in [-0.05, 0) is 41.8 Å². The van der Waals surface area contributed by atoms with Crippen molar-refractivity contribution in [2.24, 2.45) is 0 Å². The van der Waals surface area contributed by atoms with Gasteiger partial charge < -0.3 is 14.7 Å². The second-order valence-electron chi connectivity index (χ2n) is 5.66. The average molecular weight is 331 g/mol. The van der Waals surface area contributed by atoms with Gasteiger partial charge in [0, 0.05) is 13.6 Å². The molecule has 0 saturated carbocycles. The van der Waals surface area contributed by atoms with Gasteiger partial charge in [0.25, 0.3) is 5.91 Å². The summed E-state index contributed by atoms with van der Waals surface area (Å²) >= 11 is 0. The van der Waals surface area contributed by atoms with Crippen LogP contribution in [-0.2, 0) is 11.3 Å². The molecule has 0 radical (unpaired) electrons. The molecular weight excluding hydrogens is 309 g/mol. The first-order valence-electron chi connectivity index (χ1n) is 7.89. The summed E-state index contributed by atoms with van der Waals surface area (Å²) in [7, 11) is 1.68. The zero-order valence-electron chi connectivity index (χ0n) is 13.9. The van der Waals surface area contributed by atoms with Crippen LogP contribution in [0.15, 0.2) is 48.5 Å². The molecule has 1 unspecified atom stereocenters. The van der Waals surface area contributed by atoms with Gasteiger partial charge >= 0.3 is 0 Å².